The Morgan fingerprint density at radius 2 is 2.00 bits per heavy atom. The van der Waals surface area contributed by atoms with E-state index in [1.165, 1.54) is 0 Å². The van der Waals surface area contributed by atoms with Gasteiger partial charge in [-0.25, -0.2) is 4.79 Å². The number of nitrogens with zero attached hydrogens (tertiary/aromatic N) is 2. The minimum atomic E-state index is -0.229. The highest BCUT2D eigenvalue weighted by Crippen LogP contribution is 2.42. The van der Waals surface area contributed by atoms with E-state index in [0.717, 1.165) is 18.4 Å². The second-order valence-electron chi connectivity index (χ2n) is 6.83. The lowest BCUT2D eigenvalue weighted by atomic mass is 9.74. The van der Waals surface area contributed by atoms with Crippen LogP contribution in [0.15, 0.2) is 24.5 Å². The molecule has 0 bridgehead atoms. The zero-order valence-electron chi connectivity index (χ0n) is 13.7. The summed E-state index contributed by atoms with van der Waals surface area (Å²) in [6.45, 7) is 5.25. The molecule has 23 heavy (non-hydrogen) atoms. The van der Waals surface area contributed by atoms with E-state index >= 15 is 0 Å². The van der Waals surface area contributed by atoms with Crippen LogP contribution in [0.2, 0.25) is 0 Å². The molecule has 2 aliphatic rings. The summed E-state index contributed by atoms with van der Waals surface area (Å²) in [5, 5.41) is 6.13. The first kappa shape index (κ1) is 15.8. The molecule has 1 atom stereocenters. The average molecular weight is 316 g/mol. The summed E-state index contributed by atoms with van der Waals surface area (Å²) < 4.78 is 0. The van der Waals surface area contributed by atoms with Gasteiger partial charge in [0.1, 0.15) is 0 Å². The molecule has 6 nitrogen and oxygen atoms in total. The average Bonchev–Trinajstić information content (AvgIpc) is 2.84. The first-order valence-electron chi connectivity index (χ1n) is 8.26. The number of pyridine rings is 1. The minimum Gasteiger partial charge on any atom is -0.350 e. The normalized spacial score (nSPS) is 23.2. The lowest BCUT2D eigenvalue weighted by Crippen LogP contribution is -2.56. The van der Waals surface area contributed by atoms with E-state index < -0.39 is 0 Å². The highest BCUT2D eigenvalue weighted by Gasteiger charge is 2.49. The molecule has 1 spiro atoms. The monoisotopic (exact) mass is 316 g/mol. The van der Waals surface area contributed by atoms with Crippen molar-refractivity contribution in [2.24, 2.45) is 0 Å². The maximum atomic E-state index is 12.1. The van der Waals surface area contributed by atoms with Crippen LogP contribution in [0.4, 0.5) is 4.79 Å². The number of hydrogen-bond donors (Lipinski definition) is 2. The smallest absolute Gasteiger partial charge is 0.317 e. The Balaban J connectivity index is 1.72. The van der Waals surface area contributed by atoms with Crippen LogP contribution in [0.1, 0.15) is 44.6 Å². The van der Waals surface area contributed by atoms with Crippen molar-refractivity contribution in [3.63, 3.8) is 0 Å². The molecular formula is C17H24N4O2. The first-order chi connectivity index (χ1) is 11.0. The van der Waals surface area contributed by atoms with Gasteiger partial charge in [0.15, 0.2) is 0 Å². The SMILES string of the molecule is CC(C)NC(=O)N1CCC2(CC1)NC(=O)C[C@@H]2c1ccncc1. The molecule has 2 aliphatic heterocycles. The third-order valence-electron chi connectivity index (χ3n) is 4.91. The van der Waals surface area contributed by atoms with Crippen molar-refractivity contribution >= 4 is 11.9 Å². The fraction of sp³-hybridized carbons (Fsp3) is 0.588. The topological polar surface area (TPSA) is 74.3 Å². The van der Waals surface area contributed by atoms with Crippen LogP contribution in [0.5, 0.6) is 0 Å². The number of likely N-dealkylation sites (tertiary alicyclic amines) is 1. The second kappa shape index (κ2) is 6.18. The van der Waals surface area contributed by atoms with Crippen LogP contribution >= 0.6 is 0 Å². The van der Waals surface area contributed by atoms with Crippen molar-refractivity contribution in [3.05, 3.63) is 30.1 Å². The van der Waals surface area contributed by atoms with Gasteiger partial charge >= 0.3 is 6.03 Å². The molecule has 1 aromatic rings. The van der Waals surface area contributed by atoms with Crippen LogP contribution in [0.25, 0.3) is 0 Å². The van der Waals surface area contributed by atoms with Crippen molar-refractivity contribution in [2.75, 3.05) is 13.1 Å². The number of urea groups is 1. The number of carbonyl (C=O) groups is 2. The van der Waals surface area contributed by atoms with E-state index in [0.29, 0.717) is 19.5 Å². The summed E-state index contributed by atoms with van der Waals surface area (Å²) in [5.41, 5.74) is 0.922. The highest BCUT2D eigenvalue weighted by atomic mass is 16.2. The Kier molecular flexibility index (Phi) is 4.24. The highest BCUT2D eigenvalue weighted by molar-refractivity contribution is 5.81. The van der Waals surface area contributed by atoms with E-state index in [1.807, 2.05) is 30.9 Å². The number of piperidine rings is 1. The largest absolute Gasteiger partial charge is 0.350 e. The molecule has 3 amide bonds. The summed E-state index contributed by atoms with van der Waals surface area (Å²) in [4.78, 5) is 30.1. The van der Waals surface area contributed by atoms with Gasteiger partial charge in [0.25, 0.3) is 0 Å². The Bertz CT molecular complexity index is 580. The first-order valence-corrected chi connectivity index (χ1v) is 8.26. The van der Waals surface area contributed by atoms with E-state index in [2.05, 4.69) is 15.6 Å². The summed E-state index contributed by atoms with van der Waals surface area (Å²) in [7, 11) is 0. The molecule has 3 rings (SSSR count). The van der Waals surface area contributed by atoms with Crippen LogP contribution in [-0.2, 0) is 4.79 Å². The van der Waals surface area contributed by atoms with Gasteiger partial charge in [-0.3, -0.25) is 9.78 Å². The molecule has 2 N–H and O–H groups in total. The lowest BCUT2D eigenvalue weighted by molar-refractivity contribution is -0.120. The van der Waals surface area contributed by atoms with Crippen LogP contribution < -0.4 is 10.6 Å². The van der Waals surface area contributed by atoms with Gasteiger partial charge < -0.3 is 15.5 Å². The van der Waals surface area contributed by atoms with Crippen LogP contribution in [0.3, 0.4) is 0 Å². The third-order valence-corrected chi connectivity index (χ3v) is 4.91. The predicted octanol–water partition coefficient (Wildman–Crippen LogP) is 1.64. The molecule has 0 saturated carbocycles. The van der Waals surface area contributed by atoms with Gasteiger partial charge in [-0.2, -0.15) is 0 Å². The minimum absolute atomic E-state index is 0.0142. The van der Waals surface area contributed by atoms with Crippen molar-refractivity contribution in [1.82, 2.24) is 20.5 Å². The Morgan fingerprint density at radius 1 is 1.35 bits per heavy atom. The van der Waals surface area contributed by atoms with Crippen molar-refractivity contribution in [1.29, 1.82) is 0 Å². The molecule has 124 valence electrons. The summed E-state index contributed by atoms with van der Waals surface area (Å²) in [6.07, 6.45) is 5.64. The summed E-state index contributed by atoms with van der Waals surface area (Å²) in [5.74, 6) is 0.264. The molecule has 6 heteroatoms. The fourth-order valence-corrected chi connectivity index (χ4v) is 3.75. The van der Waals surface area contributed by atoms with Crippen molar-refractivity contribution < 1.29 is 9.59 Å². The van der Waals surface area contributed by atoms with Gasteiger partial charge in [-0.1, -0.05) is 0 Å². The van der Waals surface area contributed by atoms with E-state index in [4.69, 9.17) is 0 Å². The maximum absolute atomic E-state index is 12.1. The summed E-state index contributed by atoms with van der Waals surface area (Å²) in [6, 6.07) is 4.10. The quantitative estimate of drug-likeness (QED) is 0.871. The van der Waals surface area contributed by atoms with Gasteiger partial charge in [-0.05, 0) is 44.4 Å². The van der Waals surface area contributed by atoms with Crippen molar-refractivity contribution in [2.45, 2.75) is 50.6 Å². The summed E-state index contributed by atoms with van der Waals surface area (Å²) >= 11 is 0. The van der Waals surface area contributed by atoms with Crippen molar-refractivity contribution in [3.8, 4) is 0 Å². The number of amides is 3. The number of hydrogen-bond acceptors (Lipinski definition) is 3. The maximum Gasteiger partial charge on any atom is 0.317 e. The lowest BCUT2D eigenvalue weighted by Gasteiger charge is -2.43. The number of nitrogens with one attached hydrogen (secondary N) is 2. The van der Waals surface area contributed by atoms with Gasteiger partial charge in [-0.15, -0.1) is 0 Å². The van der Waals surface area contributed by atoms with Gasteiger partial charge in [0, 0.05) is 43.9 Å². The molecule has 0 unspecified atom stereocenters. The molecular weight excluding hydrogens is 292 g/mol. The standard InChI is InChI=1S/C17H24N4O2/c1-12(2)19-16(23)21-9-5-17(6-10-21)14(11-15(22)20-17)13-3-7-18-8-4-13/h3-4,7-8,12,14H,5-6,9-11H2,1-2H3,(H,19,23)(H,20,22)/t14-/m1/s1. The number of rotatable bonds is 2. The van der Waals surface area contributed by atoms with E-state index in [-0.39, 0.29) is 29.4 Å². The number of carbonyl (C=O) groups excluding carboxylic acids is 2. The number of aromatic nitrogens is 1. The molecule has 0 radical (unpaired) electrons. The molecule has 3 heterocycles. The van der Waals surface area contributed by atoms with Crippen LogP contribution in [0, 0.1) is 0 Å². The predicted molar refractivity (Wildman–Crippen MR) is 86.9 cm³/mol. The molecule has 2 saturated heterocycles. The molecule has 2 fully saturated rings. The molecule has 0 aliphatic carbocycles. The van der Waals surface area contributed by atoms with E-state index in [1.54, 1.807) is 12.4 Å². The van der Waals surface area contributed by atoms with Gasteiger partial charge in [0.05, 0.1) is 5.54 Å². The van der Waals surface area contributed by atoms with Crippen LogP contribution in [-0.4, -0.2) is 46.5 Å². The second-order valence-corrected chi connectivity index (χ2v) is 6.83. The Labute approximate surface area is 136 Å². The zero-order valence-corrected chi connectivity index (χ0v) is 13.7. The Hall–Kier alpha value is -2.11. The van der Waals surface area contributed by atoms with Gasteiger partial charge in [0.2, 0.25) is 5.91 Å². The fourth-order valence-electron chi connectivity index (χ4n) is 3.75. The van der Waals surface area contributed by atoms with E-state index in [9.17, 15) is 9.59 Å². The molecule has 1 aromatic heterocycles. The zero-order chi connectivity index (χ0) is 16.4. The Morgan fingerprint density at radius 3 is 2.61 bits per heavy atom. The molecule has 0 aromatic carbocycles. The third kappa shape index (κ3) is 3.16.